The van der Waals surface area contributed by atoms with E-state index in [9.17, 15) is 5.26 Å². The van der Waals surface area contributed by atoms with Crippen LogP contribution in [-0.4, -0.2) is 36.4 Å². The molecule has 0 saturated carbocycles. The second-order valence-corrected chi connectivity index (χ2v) is 7.34. The standard InChI is InChI=1S/C24H29N7O/c1-17-11-12-18(22(14-17)32-3)16-29-24(27-2)28-13-7-10-21-20(15-25)23(26)31(30-21)19-8-5-4-6-9-19/h4-6,8-9,11-12,14H,7,10,13,16,26H2,1-3H3,(H2,27,28,29). The second kappa shape index (κ2) is 10.9. The molecule has 0 aliphatic rings. The van der Waals surface area contributed by atoms with E-state index in [-0.39, 0.29) is 0 Å². The number of nitrogens with two attached hydrogens (primary N) is 1. The van der Waals surface area contributed by atoms with Crippen molar-refractivity contribution in [1.82, 2.24) is 20.4 Å². The Morgan fingerprint density at radius 3 is 2.69 bits per heavy atom. The minimum atomic E-state index is 0.367. The summed E-state index contributed by atoms with van der Waals surface area (Å²) in [6, 6.07) is 17.9. The molecule has 1 heterocycles. The summed E-state index contributed by atoms with van der Waals surface area (Å²) in [4.78, 5) is 4.27. The van der Waals surface area contributed by atoms with E-state index in [2.05, 4.69) is 32.9 Å². The number of nitrogen functional groups attached to an aromatic ring is 1. The molecule has 1 aromatic heterocycles. The molecule has 32 heavy (non-hydrogen) atoms. The Bertz CT molecular complexity index is 1110. The molecule has 3 rings (SSSR count). The van der Waals surface area contributed by atoms with Gasteiger partial charge in [0, 0.05) is 25.7 Å². The summed E-state index contributed by atoms with van der Waals surface area (Å²) in [5.74, 6) is 1.91. The van der Waals surface area contributed by atoms with Crippen LogP contribution in [0.15, 0.2) is 53.5 Å². The van der Waals surface area contributed by atoms with Crippen LogP contribution in [0.4, 0.5) is 5.82 Å². The van der Waals surface area contributed by atoms with Gasteiger partial charge in [0.05, 0.1) is 18.5 Å². The minimum absolute atomic E-state index is 0.367. The molecule has 4 N–H and O–H groups in total. The van der Waals surface area contributed by atoms with Crippen LogP contribution in [0.3, 0.4) is 0 Å². The number of hydrogen-bond donors (Lipinski definition) is 3. The summed E-state index contributed by atoms with van der Waals surface area (Å²) in [5, 5.41) is 20.7. The lowest BCUT2D eigenvalue weighted by Gasteiger charge is -2.14. The van der Waals surface area contributed by atoms with Crippen LogP contribution in [0.2, 0.25) is 0 Å². The van der Waals surface area contributed by atoms with Gasteiger partial charge in [-0.3, -0.25) is 4.99 Å². The zero-order valence-corrected chi connectivity index (χ0v) is 18.7. The average molecular weight is 432 g/mol. The molecule has 3 aromatic rings. The van der Waals surface area contributed by atoms with Gasteiger partial charge in [-0.1, -0.05) is 30.3 Å². The van der Waals surface area contributed by atoms with Crippen molar-refractivity contribution in [2.45, 2.75) is 26.3 Å². The van der Waals surface area contributed by atoms with Crippen molar-refractivity contribution >= 4 is 11.8 Å². The molecule has 0 saturated heterocycles. The fourth-order valence-corrected chi connectivity index (χ4v) is 3.40. The number of nitrogens with one attached hydrogen (secondary N) is 2. The van der Waals surface area contributed by atoms with Gasteiger partial charge in [-0.15, -0.1) is 0 Å². The SMILES string of the molecule is CN=C(NCCCc1nn(-c2ccccc2)c(N)c1C#N)NCc1ccc(C)cc1OC. The zero-order chi connectivity index (χ0) is 22.9. The Morgan fingerprint density at radius 2 is 2.00 bits per heavy atom. The van der Waals surface area contributed by atoms with Crippen LogP contribution in [-0.2, 0) is 13.0 Å². The highest BCUT2D eigenvalue weighted by Crippen LogP contribution is 2.21. The number of aliphatic imine (C=N–C) groups is 1. The van der Waals surface area contributed by atoms with Crippen molar-refractivity contribution in [2.24, 2.45) is 4.99 Å². The largest absolute Gasteiger partial charge is 0.496 e. The molecule has 0 unspecified atom stereocenters. The van der Waals surface area contributed by atoms with E-state index >= 15 is 0 Å². The van der Waals surface area contributed by atoms with E-state index in [1.54, 1.807) is 18.8 Å². The molecule has 8 nitrogen and oxygen atoms in total. The van der Waals surface area contributed by atoms with Crippen LogP contribution >= 0.6 is 0 Å². The third-order valence-electron chi connectivity index (χ3n) is 5.10. The molecular weight excluding hydrogens is 402 g/mol. The normalized spacial score (nSPS) is 11.1. The van der Waals surface area contributed by atoms with Crippen molar-refractivity contribution in [3.63, 3.8) is 0 Å². The molecule has 2 aromatic carbocycles. The quantitative estimate of drug-likeness (QED) is 0.287. The number of para-hydroxylation sites is 1. The second-order valence-electron chi connectivity index (χ2n) is 7.34. The molecule has 8 heteroatoms. The fourth-order valence-electron chi connectivity index (χ4n) is 3.40. The number of nitriles is 1. The number of nitrogens with zero attached hydrogens (tertiary/aromatic N) is 4. The van der Waals surface area contributed by atoms with E-state index in [4.69, 9.17) is 10.5 Å². The molecule has 0 aliphatic carbocycles. The van der Waals surface area contributed by atoms with Crippen molar-refractivity contribution in [2.75, 3.05) is 26.4 Å². The maximum absolute atomic E-state index is 9.54. The van der Waals surface area contributed by atoms with Gasteiger partial charge < -0.3 is 21.1 Å². The topological polar surface area (TPSA) is 113 Å². The third-order valence-corrected chi connectivity index (χ3v) is 5.10. The highest BCUT2D eigenvalue weighted by Gasteiger charge is 2.16. The number of ether oxygens (including phenoxy) is 1. The Balaban J connectivity index is 1.55. The summed E-state index contributed by atoms with van der Waals surface area (Å²) >= 11 is 0. The lowest BCUT2D eigenvalue weighted by molar-refractivity contribution is 0.408. The lowest BCUT2D eigenvalue weighted by Crippen LogP contribution is -2.37. The van der Waals surface area contributed by atoms with Gasteiger partial charge in [0.25, 0.3) is 0 Å². The molecule has 0 bridgehead atoms. The van der Waals surface area contributed by atoms with E-state index in [1.165, 1.54) is 0 Å². The average Bonchev–Trinajstić information content (AvgIpc) is 3.14. The number of methoxy groups -OCH3 is 1. The van der Waals surface area contributed by atoms with Crippen molar-refractivity contribution in [1.29, 1.82) is 5.26 Å². The van der Waals surface area contributed by atoms with Gasteiger partial charge in [0.15, 0.2) is 5.96 Å². The summed E-state index contributed by atoms with van der Waals surface area (Å²) < 4.78 is 7.08. The number of aryl methyl sites for hydroxylation is 2. The Hall–Kier alpha value is -3.99. The number of rotatable bonds is 8. The van der Waals surface area contributed by atoms with E-state index in [1.807, 2.05) is 49.4 Å². The number of aromatic nitrogens is 2. The smallest absolute Gasteiger partial charge is 0.191 e. The molecule has 0 atom stereocenters. The Labute approximate surface area is 188 Å². The van der Waals surface area contributed by atoms with E-state index in [0.717, 1.165) is 29.0 Å². The monoisotopic (exact) mass is 431 g/mol. The van der Waals surface area contributed by atoms with Crippen LogP contribution in [0.5, 0.6) is 5.75 Å². The summed E-state index contributed by atoms with van der Waals surface area (Å²) in [6.07, 6.45) is 1.40. The number of hydrogen-bond acceptors (Lipinski definition) is 5. The minimum Gasteiger partial charge on any atom is -0.496 e. The van der Waals surface area contributed by atoms with Crippen molar-refractivity contribution in [3.05, 3.63) is 70.9 Å². The lowest BCUT2D eigenvalue weighted by atomic mass is 10.1. The first-order valence-electron chi connectivity index (χ1n) is 10.5. The molecule has 0 amide bonds. The maximum Gasteiger partial charge on any atom is 0.191 e. The van der Waals surface area contributed by atoms with Gasteiger partial charge in [-0.05, 0) is 43.5 Å². The number of guanidine groups is 1. The van der Waals surface area contributed by atoms with E-state index < -0.39 is 0 Å². The predicted molar refractivity (Wildman–Crippen MR) is 127 cm³/mol. The maximum atomic E-state index is 9.54. The van der Waals surface area contributed by atoms with Crippen molar-refractivity contribution < 1.29 is 4.74 Å². The van der Waals surface area contributed by atoms with Gasteiger partial charge >= 0.3 is 0 Å². The fraction of sp³-hybridized carbons (Fsp3) is 0.292. The first kappa shape index (κ1) is 22.7. The van der Waals surface area contributed by atoms with Gasteiger partial charge in [0.1, 0.15) is 23.2 Å². The first-order chi connectivity index (χ1) is 15.6. The number of benzene rings is 2. The Morgan fingerprint density at radius 1 is 1.22 bits per heavy atom. The molecule has 0 radical (unpaired) electrons. The predicted octanol–water partition coefficient (Wildman–Crippen LogP) is 2.94. The highest BCUT2D eigenvalue weighted by atomic mass is 16.5. The van der Waals surface area contributed by atoms with Gasteiger partial charge in [0.2, 0.25) is 0 Å². The highest BCUT2D eigenvalue weighted by molar-refractivity contribution is 5.79. The van der Waals surface area contributed by atoms with Crippen LogP contribution in [0, 0.1) is 18.3 Å². The Kier molecular flexibility index (Phi) is 7.70. The van der Waals surface area contributed by atoms with Crippen LogP contribution in [0.1, 0.15) is 28.8 Å². The molecule has 0 spiro atoms. The van der Waals surface area contributed by atoms with Crippen LogP contribution in [0.25, 0.3) is 5.69 Å². The van der Waals surface area contributed by atoms with Crippen molar-refractivity contribution in [3.8, 4) is 17.5 Å². The summed E-state index contributed by atoms with van der Waals surface area (Å²) in [7, 11) is 3.41. The van der Waals surface area contributed by atoms with Gasteiger partial charge in [-0.2, -0.15) is 10.4 Å². The van der Waals surface area contributed by atoms with Crippen LogP contribution < -0.4 is 21.1 Å². The molecule has 0 aliphatic heterocycles. The molecule has 166 valence electrons. The summed E-state index contributed by atoms with van der Waals surface area (Å²) in [6.45, 7) is 3.31. The summed E-state index contributed by atoms with van der Waals surface area (Å²) in [5.41, 5.74) is 10.3. The zero-order valence-electron chi connectivity index (χ0n) is 18.7. The van der Waals surface area contributed by atoms with E-state index in [0.29, 0.717) is 42.5 Å². The molecule has 0 fully saturated rings. The first-order valence-corrected chi connectivity index (χ1v) is 10.5. The third kappa shape index (κ3) is 5.38. The number of anilines is 1. The van der Waals surface area contributed by atoms with Gasteiger partial charge in [-0.25, -0.2) is 4.68 Å². The molecular formula is C24H29N7O.